The standard InChI is InChI=1S/C15H14FNO2/c1-10(18)11-4-3-5-12(8-11)17-15-7-6-13(19-2)9-14(15)16/h3-9,17H,1-2H3. The molecule has 0 amide bonds. The van der Waals surface area contributed by atoms with Gasteiger partial charge >= 0.3 is 0 Å². The largest absolute Gasteiger partial charge is 0.497 e. The van der Waals surface area contributed by atoms with Crippen LogP contribution in [-0.4, -0.2) is 12.9 Å². The first-order chi connectivity index (χ1) is 9.10. The van der Waals surface area contributed by atoms with Crippen molar-refractivity contribution in [1.29, 1.82) is 0 Å². The van der Waals surface area contributed by atoms with Crippen LogP contribution < -0.4 is 10.1 Å². The fourth-order valence-corrected chi connectivity index (χ4v) is 1.70. The smallest absolute Gasteiger partial charge is 0.159 e. The quantitative estimate of drug-likeness (QED) is 0.849. The molecule has 1 N–H and O–H groups in total. The highest BCUT2D eigenvalue weighted by Gasteiger charge is 2.05. The Balaban J connectivity index is 2.26. The number of halogens is 1. The van der Waals surface area contributed by atoms with Gasteiger partial charge in [0.2, 0.25) is 0 Å². The van der Waals surface area contributed by atoms with Crippen LogP contribution in [0.15, 0.2) is 42.5 Å². The summed E-state index contributed by atoms with van der Waals surface area (Å²) in [6.07, 6.45) is 0. The predicted octanol–water partition coefficient (Wildman–Crippen LogP) is 3.78. The van der Waals surface area contributed by atoms with E-state index in [1.807, 2.05) is 0 Å². The Kier molecular flexibility index (Phi) is 3.80. The predicted molar refractivity (Wildman–Crippen MR) is 72.7 cm³/mol. The Labute approximate surface area is 111 Å². The minimum Gasteiger partial charge on any atom is -0.497 e. The summed E-state index contributed by atoms with van der Waals surface area (Å²) in [6, 6.07) is 11.5. The van der Waals surface area contributed by atoms with Crippen molar-refractivity contribution >= 4 is 17.2 Å². The van der Waals surface area contributed by atoms with E-state index in [0.29, 0.717) is 22.7 Å². The third kappa shape index (κ3) is 3.10. The van der Waals surface area contributed by atoms with Crippen LogP contribution in [0.2, 0.25) is 0 Å². The number of nitrogens with one attached hydrogen (secondary N) is 1. The van der Waals surface area contributed by atoms with E-state index in [-0.39, 0.29) is 5.78 Å². The molecule has 0 radical (unpaired) electrons. The molecule has 19 heavy (non-hydrogen) atoms. The molecule has 0 saturated heterocycles. The molecule has 0 fully saturated rings. The number of methoxy groups -OCH3 is 1. The van der Waals surface area contributed by atoms with E-state index in [2.05, 4.69) is 5.32 Å². The average Bonchev–Trinajstić information content (AvgIpc) is 2.41. The number of carbonyl (C=O) groups is 1. The first-order valence-corrected chi connectivity index (χ1v) is 5.81. The van der Waals surface area contributed by atoms with Gasteiger partial charge in [-0.05, 0) is 31.2 Å². The fourth-order valence-electron chi connectivity index (χ4n) is 1.70. The number of hydrogen-bond donors (Lipinski definition) is 1. The van der Waals surface area contributed by atoms with Crippen LogP contribution in [0.3, 0.4) is 0 Å². The molecular weight excluding hydrogens is 245 g/mol. The third-order valence-corrected chi connectivity index (χ3v) is 2.72. The molecule has 0 aliphatic heterocycles. The maximum atomic E-state index is 13.8. The Morgan fingerprint density at radius 2 is 2.00 bits per heavy atom. The molecule has 0 bridgehead atoms. The number of ether oxygens (including phenoxy) is 1. The highest BCUT2D eigenvalue weighted by Crippen LogP contribution is 2.24. The van der Waals surface area contributed by atoms with Crippen LogP contribution in [-0.2, 0) is 0 Å². The van der Waals surface area contributed by atoms with Gasteiger partial charge in [0.15, 0.2) is 5.78 Å². The molecule has 4 heteroatoms. The van der Waals surface area contributed by atoms with Crippen molar-refractivity contribution in [3.63, 3.8) is 0 Å². The number of rotatable bonds is 4. The minimum atomic E-state index is -0.410. The molecule has 98 valence electrons. The molecule has 2 aromatic carbocycles. The Morgan fingerprint density at radius 1 is 1.21 bits per heavy atom. The van der Waals surface area contributed by atoms with Gasteiger partial charge in [0.05, 0.1) is 12.8 Å². The van der Waals surface area contributed by atoms with Gasteiger partial charge in [0.25, 0.3) is 0 Å². The van der Waals surface area contributed by atoms with Gasteiger partial charge in [-0.15, -0.1) is 0 Å². The molecule has 0 heterocycles. The van der Waals surface area contributed by atoms with Gasteiger partial charge in [0.1, 0.15) is 11.6 Å². The summed E-state index contributed by atoms with van der Waals surface area (Å²) in [7, 11) is 1.48. The normalized spacial score (nSPS) is 10.1. The van der Waals surface area contributed by atoms with Crippen molar-refractivity contribution in [3.8, 4) is 5.75 Å². The second kappa shape index (κ2) is 5.52. The molecule has 2 aromatic rings. The van der Waals surface area contributed by atoms with Gasteiger partial charge in [-0.25, -0.2) is 4.39 Å². The van der Waals surface area contributed by atoms with Crippen molar-refractivity contribution in [2.45, 2.75) is 6.92 Å². The maximum Gasteiger partial charge on any atom is 0.159 e. The number of anilines is 2. The summed E-state index contributed by atoms with van der Waals surface area (Å²) in [5.41, 5.74) is 1.58. The molecule has 2 rings (SSSR count). The van der Waals surface area contributed by atoms with E-state index < -0.39 is 5.82 Å². The van der Waals surface area contributed by atoms with Crippen LogP contribution in [0.1, 0.15) is 17.3 Å². The molecule has 0 aliphatic rings. The van der Waals surface area contributed by atoms with Gasteiger partial charge in [0, 0.05) is 17.3 Å². The van der Waals surface area contributed by atoms with Gasteiger partial charge in [-0.3, -0.25) is 4.79 Å². The van der Waals surface area contributed by atoms with E-state index >= 15 is 0 Å². The summed E-state index contributed by atoms with van der Waals surface area (Å²) < 4.78 is 18.7. The number of carbonyl (C=O) groups excluding carboxylic acids is 1. The summed E-state index contributed by atoms with van der Waals surface area (Å²) in [5, 5.41) is 2.94. The minimum absolute atomic E-state index is 0.0288. The van der Waals surface area contributed by atoms with E-state index in [0.717, 1.165) is 0 Å². The van der Waals surface area contributed by atoms with E-state index in [4.69, 9.17) is 4.74 Å². The van der Waals surface area contributed by atoms with Crippen LogP contribution in [0.25, 0.3) is 0 Å². The lowest BCUT2D eigenvalue weighted by molar-refractivity contribution is 0.101. The zero-order valence-corrected chi connectivity index (χ0v) is 10.7. The molecule has 0 aromatic heterocycles. The van der Waals surface area contributed by atoms with Crippen LogP contribution in [0.4, 0.5) is 15.8 Å². The van der Waals surface area contributed by atoms with Crippen molar-refractivity contribution in [3.05, 3.63) is 53.8 Å². The first kappa shape index (κ1) is 13.1. The molecule has 0 unspecified atom stereocenters. The molecule has 0 atom stereocenters. The van der Waals surface area contributed by atoms with Gasteiger partial charge in [-0.2, -0.15) is 0 Å². The van der Waals surface area contributed by atoms with E-state index in [9.17, 15) is 9.18 Å². The van der Waals surface area contributed by atoms with Crippen molar-refractivity contribution in [2.24, 2.45) is 0 Å². The molecule has 0 spiro atoms. The summed E-state index contributed by atoms with van der Waals surface area (Å²) in [6.45, 7) is 1.49. The van der Waals surface area contributed by atoms with Crippen molar-refractivity contribution in [1.82, 2.24) is 0 Å². The second-order valence-electron chi connectivity index (χ2n) is 4.11. The van der Waals surface area contributed by atoms with Crippen molar-refractivity contribution < 1.29 is 13.9 Å². The Bertz CT molecular complexity index is 611. The SMILES string of the molecule is COc1ccc(Nc2cccc(C(C)=O)c2)c(F)c1. The average molecular weight is 259 g/mol. The van der Waals surface area contributed by atoms with Crippen molar-refractivity contribution in [2.75, 3.05) is 12.4 Å². The van der Waals surface area contributed by atoms with Gasteiger partial charge < -0.3 is 10.1 Å². The lowest BCUT2D eigenvalue weighted by atomic mass is 10.1. The summed E-state index contributed by atoms with van der Waals surface area (Å²) in [5.74, 6) is 0.0203. The van der Waals surface area contributed by atoms with E-state index in [1.54, 1.807) is 36.4 Å². The molecule has 0 saturated carbocycles. The monoisotopic (exact) mass is 259 g/mol. The highest BCUT2D eigenvalue weighted by molar-refractivity contribution is 5.95. The first-order valence-electron chi connectivity index (χ1n) is 5.81. The Hall–Kier alpha value is -2.36. The van der Waals surface area contributed by atoms with E-state index in [1.165, 1.54) is 20.1 Å². The summed E-state index contributed by atoms with van der Waals surface area (Å²) in [4.78, 5) is 11.3. The highest BCUT2D eigenvalue weighted by atomic mass is 19.1. The zero-order chi connectivity index (χ0) is 13.8. The van der Waals surface area contributed by atoms with Gasteiger partial charge in [-0.1, -0.05) is 12.1 Å². The lowest BCUT2D eigenvalue weighted by Crippen LogP contribution is -1.97. The topological polar surface area (TPSA) is 38.3 Å². The Morgan fingerprint density at radius 3 is 2.63 bits per heavy atom. The van der Waals surface area contributed by atoms with Crippen LogP contribution in [0, 0.1) is 5.82 Å². The number of Topliss-reactive ketones (excluding diaryl/α,β-unsaturated/α-hetero) is 1. The molecule has 0 aliphatic carbocycles. The maximum absolute atomic E-state index is 13.8. The zero-order valence-electron chi connectivity index (χ0n) is 10.7. The number of ketones is 1. The van der Waals surface area contributed by atoms with Crippen LogP contribution >= 0.6 is 0 Å². The summed E-state index contributed by atoms with van der Waals surface area (Å²) >= 11 is 0. The molecule has 3 nitrogen and oxygen atoms in total. The lowest BCUT2D eigenvalue weighted by Gasteiger charge is -2.09. The van der Waals surface area contributed by atoms with Crippen LogP contribution in [0.5, 0.6) is 5.75 Å². The fraction of sp³-hybridized carbons (Fsp3) is 0.133. The number of benzene rings is 2. The molecular formula is C15H14FNO2. The number of hydrogen-bond acceptors (Lipinski definition) is 3. The second-order valence-corrected chi connectivity index (χ2v) is 4.11. The third-order valence-electron chi connectivity index (χ3n) is 2.72.